The molecule has 3 heteroatoms. The molecule has 2 heterocycles. The summed E-state index contributed by atoms with van der Waals surface area (Å²) in [7, 11) is 0. The van der Waals surface area contributed by atoms with Crippen LogP contribution in [-0.4, -0.2) is 11.0 Å². The number of hydrogen-bond acceptors (Lipinski definition) is 3. The number of para-hydroxylation sites is 1. The molecule has 1 unspecified atom stereocenters. The van der Waals surface area contributed by atoms with E-state index in [2.05, 4.69) is 163 Å². The molecule has 0 fully saturated rings. The topological polar surface area (TPSA) is 16.1 Å². The van der Waals surface area contributed by atoms with Gasteiger partial charge in [-0.1, -0.05) is 133 Å². The summed E-state index contributed by atoms with van der Waals surface area (Å²) in [6, 6.07) is 47.5. The highest BCUT2D eigenvalue weighted by atomic mass is 32.2. The van der Waals surface area contributed by atoms with Gasteiger partial charge in [0, 0.05) is 38.9 Å². The lowest BCUT2D eigenvalue weighted by molar-refractivity contribution is 0.782. The third-order valence-electron chi connectivity index (χ3n) is 10.6. The van der Waals surface area contributed by atoms with Crippen molar-refractivity contribution in [3.63, 3.8) is 0 Å². The molecule has 0 radical (unpaired) electrons. The fourth-order valence-corrected chi connectivity index (χ4v) is 9.39. The highest BCUT2D eigenvalue weighted by molar-refractivity contribution is 7.99. The molecule has 0 bridgehead atoms. The standard InChI is InChI=1S/C47H34N2S/c1-2-14-34(15-3-1)49-44-21-11-5-12-31(44)22-23-32-24-25-35(29-45(32)49)50-47-40-20-10-9-19-39(40)46(43-30-48-27-26-41(43)47)42-28-33-13-4-6-16-36(33)37-17-7-8-18-38(37)42/h1-14,16-21,24-30,34H,15,22-23H2. The van der Waals surface area contributed by atoms with Crippen LogP contribution in [0.4, 0.5) is 11.4 Å². The first-order chi connectivity index (χ1) is 24.8. The molecule has 0 saturated carbocycles. The number of nitrogens with zero attached hydrogens (tertiary/aromatic N) is 2. The number of benzene rings is 7. The van der Waals surface area contributed by atoms with Gasteiger partial charge in [-0.25, -0.2) is 0 Å². The van der Waals surface area contributed by atoms with Gasteiger partial charge in [0.2, 0.25) is 0 Å². The molecule has 1 atom stereocenters. The van der Waals surface area contributed by atoms with Gasteiger partial charge >= 0.3 is 0 Å². The van der Waals surface area contributed by atoms with E-state index in [1.807, 2.05) is 18.0 Å². The molecule has 0 N–H and O–H groups in total. The molecule has 2 nitrogen and oxygen atoms in total. The van der Waals surface area contributed by atoms with Gasteiger partial charge in [-0.2, -0.15) is 0 Å². The molecule has 7 aromatic carbocycles. The Kier molecular flexibility index (Phi) is 7.06. The smallest absolute Gasteiger partial charge is 0.0560 e. The van der Waals surface area contributed by atoms with Crippen LogP contribution in [0.1, 0.15) is 17.5 Å². The van der Waals surface area contributed by atoms with Crippen LogP contribution in [0.3, 0.4) is 0 Å². The van der Waals surface area contributed by atoms with E-state index in [9.17, 15) is 0 Å². The summed E-state index contributed by atoms with van der Waals surface area (Å²) in [6.07, 6.45) is 16.1. The number of fused-ring (bicyclic) bond motifs is 7. The zero-order valence-electron chi connectivity index (χ0n) is 27.6. The van der Waals surface area contributed by atoms with Crippen molar-refractivity contribution >= 4 is 66.2 Å². The Bertz CT molecular complexity index is 2630. The molecule has 50 heavy (non-hydrogen) atoms. The first kappa shape index (κ1) is 29.3. The van der Waals surface area contributed by atoms with Gasteiger partial charge in [-0.3, -0.25) is 4.98 Å². The Morgan fingerprint density at radius 1 is 0.580 bits per heavy atom. The highest BCUT2D eigenvalue weighted by Gasteiger charge is 2.27. The number of pyridine rings is 1. The molecule has 8 aromatic rings. The molecule has 1 aliphatic carbocycles. The summed E-state index contributed by atoms with van der Waals surface area (Å²) < 4.78 is 0. The number of aryl methyl sites for hydroxylation is 2. The summed E-state index contributed by atoms with van der Waals surface area (Å²) in [5.41, 5.74) is 7.97. The zero-order valence-corrected chi connectivity index (χ0v) is 28.4. The number of hydrogen-bond donors (Lipinski definition) is 0. The normalized spacial score (nSPS) is 15.4. The average molecular weight is 659 g/mol. The van der Waals surface area contributed by atoms with Crippen LogP contribution < -0.4 is 4.90 Å². The molecule has 1 aromatic heterocycles. The maximum Gasteiger partial charge on any atom is 0.0560 e. The van der Waals surface area contributed by atoms with Crippen molar-refractivity contribution in [2.75, 3.05) is 4.90 Å². The van der Waals surface area contributed by atoms with Crippen molar-refractivity contribution in [3.05, 3.63) is 175 Å². The van der Waals surface area contributed by atoms with Crippen molar-refractivity contribution < 1.29 is 0 Å². The fourth-order valence-electron chi connectivity index (χ4n) is 8.28. The predicted octanol–water partition coefficient (Wildman–Crippen LogP) is 12.6. The van der Waals surface area contributed by atoms with E-state index < -0.39 is 0 Å². The van der Waals surface area contributed by atoms with E-state index in [4.69, 9.17) is 4.98 Å². The van der Waals surface area contributed by atoms with Crippen LogP contribution in [0.2, 0.25) is 0 Å². The quantitative estimate of drug-likeness (QED) is 0.138. The molecular weight excluding hydrogens is 625 g/mol. The summed E-state index contributed by atoms with van der Waals surface area (Å²) in [6.45, 7) is 0. The predicted molar refractivity (Wildman–Crippen MR) is 213 cm³/mol. The molecular formula is C47H34N2S. The van der Waals surface area contributed by atoms with E-state index in [-0.39, 0.29) is 6.04 Å². The van der Waals surface area contributed by atoms with Crippen molar-refractivity contribution in [1.82, 2.24) is 4.98 Å². The van der Waals surface area contributed by atoms with Crippen LogP contribution in [0.25, 0.3) is 54.2 Å². The monoisotopic (exact) mass is 658 g/mol. The maximum absolute atomic E-state index is 4.72. The lowest BCUT2D eigenvalue weighted by atomic mass is 9.88. The number of rotatable bonds is 4. The van der Waals surface area contributed by atoms with Crippen LogP contribution in [0.5, 0.6) is 0 Å². The van der Waals surface area contributed by atoms with E-state index in [1.165, 1.54) is 86.5 Å². The third kappa shape index (κ3) is 4.76. The lowest BCUT2D eigenvalue weighted by Crippen LogP contribution is -2.30. The Morgan fingerprint density at radius 3 is 2.16 bits per heavy atom. The van der Waals surface area contributed by atoms with Crippen molar-refractivity contribution in [1.29, 1.82) is 0 Å². The number of allylic oxidation sites excluding steroid dienone is 2. The van der Waals surface area contributed by atoms with E-state index in [0.29, 0.717) is 0 Å². The van der Waals surface area contributed by atoms with Gasteiger partial charge in [0.1, 0.15) is 0 Å². The molecule has 0 saturated heterocycles. The van der Waals surface area contributed by atoms with E-state index >= 15 is 0 Å². The number of anilines is 2. The van der Waals surface area contributed by atoms with Crippen LogP contribution in [-0.2, 0) is 12.8 Å². The second-order valence-electron chi connectivity index (χ2n) is 13.4. The van der Waals surface area contributed by atoms with Crippen LogP contribution in [0, 0.1) is 0 Å². The van der Waals surface area contributed by atoms with Crippen LogP contribution in [0.15, 0.2) is 174 Å². The summed E-state index contributed by atoms with van der Waals surface area (Å²) in [4.78, 5) is 9.83. The Morgan fingerprint density at radius 2 is 1.30 bits per heavy atom. The maximum atomic E-state index is 4.72. The minimum atomic E-state index is 0.280. The van der Waals surface area contributed by atoms with Gasteiger partial charge in [-0.15, -0.1) is 0 Å². The lowest BCUT2D eigenvalue weighted by Gasteiger charge is -2.34. The van der Waals surface area contributed by atoms with Gasteiger partial charge < -0.3 is 4.90 Å². The fraction of sp³-hybridized carbons (Fsp3) is 0.0851. The highest BCUT2D eigenvalue weighted by Crippen LogP contribution is 2.48. The summed E-state index contributed by atoms with van der Waals surface area (Å²) in [5, 5.41) is 10.00. The molecule has 0 amide bonds. The van der Waals surface area contributed by atoms with Gasteiger partial charge in [0.05, 0.1) is 6.04 Å². The average Bonchev–Trinajstić information content (AvgIpc) is 3.35. The minimum absolute atomic E-state index is 0.280. The van der Waals surface area contributed by atoms with Crippen LogP contribution >= 0.6 is 11.8 Å². The second-order valence-corrected chi connectivity index (χ2v) is 14.5. The zero-order chi connectivity index (χ0) is 33.0. The first-order valence-electron chi connectivity index (χ1n) is 17.5. The molecule has 238 valence electrons. The Labute approximate surface area is 296 Å². The van der Waals surface area contributed by atoms with E-state index in [0.717, 1.165) is 19.3 Å². The van der Waals surface area contributed by atoms with Gasteiger partial charge in [-0.05, 0) is 110 Å². The van der Waals surface area contributed by atoms with Gasteiger partial charge in [0.25, 0.3) is 0 Å². The third-order valence-corrected chi connectivity index (χ3v) is 11.7. The first-order valence-corrected chi connectivity index (χ1v) is 18.3. The largest absolute Gasteiger partial charge is 0.334 e. The van der Waals surface area contributed by atoms with Gasteiger partial charge in [0.15, 0.2) is 0 Å². The minimum Gasteiger partial charge on any atom is -0.334 e. The summed E-state index contributed by atoms with van der Waals surface area (Å²) >= 11 is 1.88. The molecule has 10 rings (SSSR count). The van der Waals surface area contributed by atoms with Crippen molar-refractivity contribution in [2.45, 2.75) is 35.1 Å². The molecule has 2 aliphatic rings. The van der Waals surface area contributed by atoms with Crippen molar-refractivity contribution in [3.8, 4) is 11.1 Å². The van der Waals surface area contributed by atoms with E-state index in [1.54, 1.807) is 0 Å². The number of aromatic nitrogens is 1. The Hall–Kier alpha value is -5.64. The van der Waals surface area contributed by atoms with Crippen molar-refractivity contribution in [2.24, 2.45) is 0 Å². The SMILES string of the molecule is C1=CCC(N2c3ccccc3CCc3ccc(Sc4c5ccccc5c(-c5cc6ccccc6c6ccccc56)c5cnccc45)cc32)C=C1. The summed E-state index contributed by atoms with van der Waals surface area (Å²) in [5.74, 6) is 0. The molecule has 1 aliphatic heterocycles. The second kappa shape index (κ2) is 12.0. The Balaban J connectivity index is 1.18. The molecule has 0 spiro atoms.